The number of methoxy groups -OCH3 is 1. The first kappa shape index (κ1) is 9.92. The molecule has 0 saturated heterocycles. The fraction of sp³-hybridized carbons (Fsp3) is 0.375. The first-order valence-corrected chi connectivity index (χ1v) is 4.03. The Labute approximate surface area is 80.9 Å². The Morgan fingerprint density at radius 1 is 1.38 bits per heavy atom. The summed E-state index contributed by atoms with van der Waals surface area (Å²) < 4.78 is 4.49. The Morgan fingerprint density at radius 3 is 2.54 bits per heavy atom. The zero-order chi connectivity index (χ0) is 10.0. The summed E-state index contributed by atoms with van der Waals surface area (Å²) in [5.41, 5.74) is 1.52. The van der Waals surface area contributed by atoms with Crippen LogP contribution >= 0.6 is 11.6 Å². The molecule has 0 unspecified atom stereocenters. The summed E-state index contributed by atoms with van der Waals surface area (Å²) in [4.78, 5) is 11.1. The van der Waals surface area contributed by atoms with Crippen molar-refractivity contribution in [2.75, 3.05) is 7.11 Å². The topological polar surface area (TPSA) is 52.1 Å². The minimum Gasteiger partial charge on any atom is -0.464 e. The third-order valence-electron chi connectivity index (χ3n) is 1.76. The fourth-order valence-electron chi connectivity index (χ4n) is 0.807. The third kappa shape index (κ3) is 1.78. The van der Waals surface area contributed by atoms with E-state index < -0.39 is 5.97 Å². The molecule has 70 valence electrons. The summed E-state index contributed by atoms with van der Waals surface area (Å²) in [6, 6.07) is 0. The molecule has 0 radical (unpaired) electrons. The van der Waals surface area contributed by atoms with Gasteiger partial charge in [-0.3, -0.25) is 0 Å². The monoisotopic (exact) mass is 200 g/mol. The molecule has 1 aromatic heterocycles. The van der Waals surface area contributed by atoms with Gasteiger partial charge in [-0.2, -0.15) is 5.10 Å². The normalized spacial score (nSPS) is 9.85. The van der Waals surface area contributed by atoms with Gasteiger partial charge in [-0.25, -0.2) is 4.79 Å². The van der Waals surface area contributed by atoms with Crippen molar-refractivity contribution in [2.45, 2.75) is 13.8 Å². The maximum absolute atomic E-state index is 11.1. The van der Waals surface area contributed by atoms with Gasteiger partial charge in [-0.05, 0) is 19.4 Å². The van der Waals surface area contributed by atoms with Crippen LogP contribution in [0.15, 0.2) is 0 Å². The molecule has 0 fully saturated rings. The second-order valence-electron chi connectivity index (χ2n) is 2.56. The van der Waals surface area contributed by atoms with E-state index in [1.54, 1.807) is 13.8 Å². The first-order chi connectivity index (χ1) is 6.07. The molecular weight excluding hydrogens is 192 g/mol. The second kappa shape index (κ2) is 3.70. The van der Waals surface area contributed by atoms with Gasteiger partial charge in [-0.1, -0.05) is 11.6 Å². The van der Waals surface area contributed by atoms with E-state index in [1.165, 1.54) is 7.11 Å². The van der Waals surface area contributed by atoms with Crippen LogP contribution in [0.4, 0.5) is 0 Å². The number of rotatable bonds is 1. The number of nitrogens with zero attached hydrogens (tertiary/aromatic N) is 2. The summed E-state index contributed by atoms with van der Waals surface area (Å²) in [5.74, 6) is -0.569. The van der Waals surface area contributed by atoms with Crippen molar-refractivity contribution in [3.8, 4) is 0 Å². The largest absolute Gasteiger partial charge is 0.464 e. The quantitative estimate of drug-likeness (QED) is 0.646. The number of aromatic nitrogens is 2. The van der Waals surface area contributed by atoms with E-state index in [4.69, 9.17) is 11.6 Å². The molecule has 0 aromatic carbocycles. The number of halogens is 1. The fourth-order valence-corrected chi connectivity index (χ4v) is 1.06. The number of carbonyl (C=O) groups excluding carboxylic acids is 1. The van der Waals surface area contributed by atoms with Gasteiger partial charge in [0.05, 0.1) is 17.8 Å². The average Bonchev–Trinajstić information content (AvgIpc) is 2.13. The van der Waals surface area contributed by atoms with Crippen molar-refractivity contribution in [1.29, 1.82) is 0 Å². The molecule has 1 rings (SSSR count). The molecule has 0 amide bonds. The molecule has 1 aromatic rings. The first-order valence-electron chi connectivity index (χ1n) is 3.65. The van der Waals surface area contributed by atoms with E-state index in [-0.39, 0.29) is 5.69 Å². The molecule has 0 saturated carbocycles. The minimum atomic E-state index is -0.569. The van der Waals surface area contributed by atoms with Crippen LogP contribution in [0.5, 0.6) is 0 Å². The summed E-state index contributed by atoms with van der Waals surface area (Å²) in [6.45, 7) is 3.55. The molecule has 13 heavy (non-hydrogen) atoms. The number of aryl methyl sites for hydroxylation is 1. The van der Waals surface area contributed by atoms with Crippen molar-refractivity contribution >= 4 is 17.6 Å². The van der Waals surface area contributed by atoms with Crippen molar-refractivity contribution in [3.05, 3.63) is 22.0 Å². The van der Waals surface area contributed by atoms with E-state index in [0.717, 1.165) is 5.56 Å². The Bertz CT molecular complexity index is 352. The van der Waals surface area contributed by atoms with Gasteiger partial charge in [0, 0.05) is 0 Å². The summed E-state index contributed by atoms with van der Waals surface area (Å²) in [6.07, 6.45) is 0. The molecular formula is C8H9ClN2O2. The Kier molecular flexibility index (Phi) is 2.83. The lowest BCUT2D eigenvalue weighted by molar-refractivity contribution is 0.0592. The predicted octanol–water partition coefficient (Wildman–Crippen LogP) is 1.53. The van der Waals surface area contributed by atoms with E-state index in [1.807, 2.05) is 0 Å². The SMILES string of the molecule is COC(=O)c1nnc(C)c(C)c1Cl. The summed E-state index contributed by atoms with van der Waals surface area (Å²) in [5, 5.41) is 7.73. The maximum atomic E-state index is 11.1. The smallest absolute Gasteiger partial charge is 0.360 e. The van der Waals surface area contributed by atoms with Gasteiger partial charge in [0.25, 0.3) is 0 Å². The molecule has 4 nitrogen and oxygen atoms in total. The third-order valence-corrected chi connectivity index (χ3v) is 2.22. The van der Waals surface area contributed by atoms with E-state index >= 15 is 0 Å². The molecule has 5 heteroatoms. The maximum Gasteiger partial charge on any atom is 0.360 e. The molecule has 0 bridgehead atoms. The van der Waals surface area contributed by atoms with E-state index in [9.17, 15) is 4.79 Å². The lowest BCUT2D eigenvalue weighted by Gasteiger charge is -2.04. The standard InChI is InChI=1S/C8H9ClN2O2/c1-4-5(2)10-11-7(6(4)9)8(12)13-3/h1-3H3. The Hall–Kier alpha value is -1.16. The van der Waals surface area contributed by atoms with E-state index in [2.05, 4.69) is 14.9 Å². The van der Waals surface area contributed by atoms with Crippen LogP contribution in [0.1, 0.15) is 21.7 Å². The number of esters is 1. The van der Waals surface area contributed by atoms with Crippen LogP contribution in [0.2, 0.25) is 5.02 Å². The molecule has 0 N–H and O–H groups in total. The molecule has 0 aliphatic rings. The molecule has 0 aliphatic carbocycles. The zero-order valence-corrected chi connectivity index (χ0v) is 8.34. The molecule has 0 aliphatic heterocycles. The van der Waals surface area contributed by atoms with Crippen molar-refractivity contribution < 1.29 is 9.53 Å². The van der Waals surface area contributed by atoms with Gasteiger partial charge >= 0.3 is 5.97 Å². The molecule has 1 heterocycles. The number of ether oxygens (including phenoxy) is 1. The van der Waals surface area contributed by atoms with Crippen LogP contribution in [-0.2, 0) is 4.74 Å². The second-order valence-corrected chi connectivity index (χ2v) is 2.94. The summed E-state index contributed by atoms with van der Waals surface area (Å²) in [7, 11) is 1.27. The number of hydrogen-bond acceptors (Lipinski definition) is 4. The van der Waals surface area contributed by atoms with Gasteiger partial charge in [0.1, 0.15) is 0 Å². The lowest BCUT2D eigenvalue weighted by atomic mass is 10.2. The Morgan fingerprint density at radius 2 is 2.00 bits per heavy atom. The van der Waals surface area contributed by atoms with Gasteiger partial charge < -0.3 is 4.74 Å². The molecule has 0 atom stereocenters. The Balaban J connectivity index is 3.26. The van der Waals surface area contributed by atoms with Crippen LogP contribution in [0.25, 0.3) is 0 Å². The van der Waals surface area contributed by atoms with E-state index in [0.29, 0.717) is 10.7 Å². The van der Waals surface area contributed by atoms with Crippen molar-refractivity contribution in [1.82, 2.24) is 10.2 Å². The van der Waals surface area contributed by atoms with Crippen LogP contribution < -0.4 is 0 Å². The van der Waals surface area contributed by atoms with Gasteiger partial charge in [0.15, 0.2) is 5.69 Å². The highest BCUT2D eigenvalue weighted by atomic mass is 35.5. The van der Waals surface area contributed by atoms with Crippen molar-refractivity contribution in [3.63, 3.8) is 0 Å². The highest BCUT2D eigenvalue weighted by Crippen LogP contribution is 2.20. The highest BCUT2D eigenvalue weighted by molar-refractivity contribution is 6.34. The molecule has 0 spiro atoms. The summed E-state index contributed by atoms with van der Waals surface area (Å²) >= 11 is 5.87. The predicted molar refractivity (Wildman–Crippen MR) is 47.9 cm³/mol. The van der Waals surface area contributed by atoms with Crippen LogP contribution in [0, 0.1) is 13.8 Å². The van der Waals surface area contributed by atoms with Gasteiger partial charge in [0.2, 0.25) is 0 Å². The highest BCUT2D eigenvalue weighted by Gasteiger charge is 2.16. The van der Waals surface area contributed by atoms with Crippen LogP contribution in [-0.4, -0.2) is 23.3 Å². The number of hydrogen-bond donors (Lipinski definition) is 0. The van der Waals surface area contributed by atoms with Crippen LogP contribution in [0.3, 0.4) is 0 Å². The zero-order valence-electron chi connectivity index (χ0n) is 7.59. The number of carbonyl (C=O) groups is 1. The van der Waals surface area contributed by atoms with Crippen molar-refractivity contribution in [2.24, 2.45) is 0 Å². The van der Waals surface area contributed by atoms with Gasteiger partial charge in [-0.15, -0.1) is 5.10 Å². The minimum absolute atomic E-state index is 0.0623. The lowest BCUT2D eigenvalue weighted by Crippen LogP contribution is -2.08. The average molecular weight is 201 g/mol.